The van der Waals surface area contributed by atoms with Crippen LogP contribution in [0.3, 0.4) is 0 Å². The zero-order valence-electron chi connectivity index (χ0n) is 8.51. The molecule has 0 saturated carbocycles. The molecule has 0 aromatic carbocycles. The highest BCUT2D eigenvalue weighted by Gasteiger charge is 2.49. The largest absolute Gasteiger partial charge is 0.454 e. The molecule has 0 aromatic heterocycles. The molecule has 0 amide bonds. The molecule has 15 heavy (non-hydrogen) atoms. The van der Waals surface area contributed by atoms with E-state index in [2.05, 4.69) is 0 Å². The number of hydrogen-bond acceptors (Lipinski definition) is 5. The van der Waals surface area contributed by atoms with Crippen LogP contribution in [-0.4, -0.2) is 36.4 Å². The van der Waals surface area contributed by atoms with Crippen molar-refractivity contribution in [2.24, 2.45) is 0 Å². The summed E-state index contributed by atoms with van der Waals surface area (Å²) in [5, 5.41) is 0. The third kappa shape index (κ3) is 2.18. The van der Waals surface area contributed by atoms with E-state index < -0.39 is 24.1 Å². The molecule has 2 rings (SSSR count). The molecule has 5 nitrogen and oxygen atoms in total. The minimum Gasteiger partial charge on any atom is -0.454 e. The van der Waals surface area contributed by atoms with Crippen LogP contribution in [0.2, 0.25) is 0 Å². The lowest BCUT2D eigenvalue weighted by molar-refractivity contribution is -0.163. The monoisotopic (exact) mass is 212 g/mol. The summed E-state index contributed by atoms with van der Waals surface area (Å²) in [6.45, 7) is 3.19. The van der Waals surface area contributed by atoms with Crippen LogP contribution in [0, 0.1) is 0 Å². The average Bonchev–Trinajstić information content (AvgIpc) is 2.85. The lowest BCUT2D eigenvalue weighted by Crippen LogP contribution is -2.40. The summed E-state index contributed by atoms with van der Waals surface area (Å²) in [5.74, 6) is -0.827. The highest BCUT2D eigenvalue weighted by atomic mass is 16.6. The molecular formula is C10H12O5. The average molecular weight is 212 g/mol. The standard InChI is InChI=1S/C10H12O5/c1-5-9(13-5)10-7(14-6(2)11)3-4-8(12)15-10/h3-5,7,9-10H,1-2H3/t5-,7+,9-,10+/m1/s1. The molecule has 1 saturated heterocycles. The number of carbonyl (C=O) groups excluding carboxylic acids is 2. The Balaban J connectivity index is 2.07. The maximum Gasteiger partial charge on any atom is 0.331 e. The van der Waals surface area contributed by atoms with Crippen molar-refractivity contribution in [1.82, 2.24) is 0 Å². The van der Waals surface area contributed by atoms with Gasteiger partial charge in [0.2, 0.25) is 0 Å². The van der Waals surface area contributed by atoms with E-state index in [-0.39, 0.29) is 12.2 Å². The Labute approximate surface area is 87.0 Å². The number of epoxide rings is 1. The summed E-state index contributed by atoms with van der Waals surface area (Å²) in [6.07, 6.45) is 1.64. The predicted octanol–water partition coefficient (Wildman–Crippen LogP) is 0.187. The highest BCUT2D eigenvalue weighted by Crippen LogP contribution is 2.31. The Hall–Kier alpha value is -1.36. The molecule has 1 fully saturated rings. The van der Waals surface area contributed by atoms with Crippen molar-refractivity contribution in [1.29, 1.82) is 0 Å². The van der Waals surface area contributed by atoms with Crippen molar-refractivity contribution in [3.8, 4) is 0 Å². The number of carbonyl (C=O) groups is 2. The topological polar surface area (TPSA) is 65.1 Å². The third-order valence-electron chi connectivity index (χ3n) is 2.38. The number of cyclic esters (lactones) is 1. The maximum absolute atomic E-state index is 11.0. The summed E-state index contributed by atoms with van der Waals surface area (Å²) in [5.41, 5.74) is 0. The van der Waals surface area contributed by atoms with E-state index in [0.29, 0.717) is 0 Å². The van der Waals surface area contributed by atoms with Crippen LogP contribution in [-0.2, 0) is 23.8 Å². The van der Waals surface area contributed by atoms with Crippen molar-refractivity contribution in [2.75, 3.05) is 0 Å². The van der Waals surface area contributed by atoms with Gasteiger partial charge in [-0.25, -0.2) is 4.79 Å². The van der Waals surface area contributed by atoms with E-state index in [1.54, 1.807) is 0 Å². The van der Waals surface area contributed by atoms with E-state index >= 15 is 0 Å². The second kappa shape index (κ2) is 3.66. The molecule has 0 bridgehead atoms. The summed E-state index contributed by atoms with van der Waals surface area (Å²) in [7, 11) is 0. The fourth-order valence-electron chi connectivity index (χ4n) is 1.62. The molecule has 0 unspecified atom stereocenters. The van der Waals surface area contributed by atoms with E-state index in [0.717, 1.165) is 0 Å². The van der Waals surface area contributed by atoms with E-state index in [1.165, 1.54) is 19.1 Å². The lowest BCUT2D eigenvalue weighted by atomic mass is 10.1. The van der Waals surface area contributed by atoms with Gasteiger partial charge in [-0.05, 0) is 13.0 Å². The number of esters is 2. The second-order valence-corrected chi connectivity index (χ2v) is 3.64. The van der Waals surface area contributed by atoms with Gasteiger partial charge in [0, 0.05) is 13.0 Å². The Morgan fingerprint density at radius 3 is 2.67 bits per heavy atom. The maximum atomic E-state index is 11.0. The van der Waals surface area contributed by atoms with Gasteiger partial charge in [-0.15, -0.1) is 0 Å². The zero-order chi connectivity index (χ0) is 11.0. The van der Waals surface area contributed by atoms with Gasteiger partial charge in [0.1, 0.15) is 6.10 Å². The summed E-state index contributed by atoms with van der Waals surface area (Å²) < 4.78 is 15.3. The fraction of sp³-hybridized carbons (Fsp3) is 0.600. The summed E-state index contributed by atoms with van der Waals surface area (Å²) in [6, 6.07) is 0. The van der Waals surface area contributed by atoms with Gasteiger partial charge < -0.3 is 14.2 Å². The van der Waals surface area contributed by atoms with Crippen molar-refractivity contribution >= 4 is 11.9 Å². The van der Waals surface area contributed by atoms with Gasteiger partial charge in [0.25, 0.3) is 0 Å². The first-order chi connectivity index (χ1) is 7.08. The van der Waals surface area contributed by atoms with Crippen LogP contribution >= 0.6 is 0 Å². The summed E-state index contributed by atoms with van der Waals surface area (Å²) >= 11 is 0. The van der Waals surface area contributed by atoms with Gasteiger partial charge >= 0.3 is 11.9 Å². The second-order valence-electron chi connectivity index (χ2n) is 3.64. The van der Waals surface area contributed by atoms with Crippen molar-refractivity contribution in [2.45, 2.75) is 38.3 Å². The Morgan fingerprint density at radius 1 is 1.47 bits per heavy atom. The Bertz CT molecular complexity index is 322. The van der Waals surface area contributed by atoms with Crippen molar-refractivity contribution < 1.29 is 23.8 Å². The molecule has 5 heteroatoms. The quantitative estimate of drug-likeness (QED) is 0.483. The minimum absolute atomic E-state index is 0.0485. The first-order valence-corrected chi connectivity index (χ1v) is 4.79. The van der Waals surface area contributed by atoms with Crippen LogP contribution in [0.1, 0.15) is 13.8 Å². The van der Waals surface area contributed by atoms with Crippen LogP contribution in [0.4, 0.5) is 0 Å². The fourth-order valence-corrected chi connectivity index (χ4v) is 1.62. The molecule has 4 atom stereocenters. The molecule has 2 heterocycles. The van der Waals surface area contributed by atoms with E-state index in [4.69, 9.17) is 14.2 Å². The van der Waals surface area contributed by atoms with Crippen molar-refractivity contribution in [3.05, 3.63) is 12.2 Å². The van der Waals surface area contributed by atoms with Crippen LogP contribution in [0.25, 0.3) is 0 Å². The Morgan fingerprint density at radius 2 is 2.13 bits per heavy atom. The van der Waals surface area contributed by atoms with Gasteiger partial charge in [-0.3, -0.25) is 4.79 Å². The smallest absolute Gasteiger partial charge is 0.331 e. The molecule has 2 aliphatic rings. The molecule has 0 N–H and O–H groups in total. The SMILES string of the molecule is CC(=O)O[C@H]1C=CC(=O)O[C@@H]1[C@@H]1O[C@@H]1C. The van der Waals surface area contributed by atoms with Crippen LogP contribution < -0.4 is 0 Å². The molecular weight excluding hydrogens is 200 g/mol. The Kier molecular flexibility index (Phi) is 2.48. The number of ether oxygens (including phenoxy) is 3. The molecule has 82 valence electrons. The number of hydrogen-bond donors (Lipinski definition) is 0. The molecule has 2 aliphatic heterocycles. The van der Waals surface area contributed by atoms with Gasteiger partial charge in [0.05, 0.1) is 6.10 Å². The van der Waals surface area contributed by atoms with Gasteiger partial charge in [0.15, 0.2) is 12.2 Å². The predicted molar refractivity (Wildman–Crippen MR) is 48.9 cm³/mol. The number of rotatable bonds is 2. The highest BCUT2D eigenvalue weighted by molar-refractivity contribution is 5.83. The lowest BCUT2D eigenvalue weighted by Gasteiger charge is -2.25. The molecule has 0 spiro atoms. The van der Waals surface area contributed by atoms with Crippen LogP contribution in [0.15, 0.2) is 12.2 Å². The normalized spacial score (nSPS) is 38.4. The molecule has 0 aromatic rings. The van der Waals surface area contributed by atoms with Gasteiger partial charge in [-0.1, -0.05) is 0 Å². The third-order valence-corrected chi connectivity index (χ3v) is 2.38. The zero-order valence-corrected chi connectivity index (χ0v) is 8.51. The summed E-state index contributed by atoms with van der Waals surface area (Å²) in [4.78, 5) is 21.9. The molecule has 0 radical (unpaired) electrons. The first-order valence-electron chi connectivity index (χ1n) is 4.79. The van der Waals surface area contributed by atoms with E-state index in [9.17, 15) is 9.59 Å². The van der Waals surface area contributed by atoms with Crippen LogP contribution in [0.5, 0.6) is 0 Å². The van der Waals surface area contributed by atoms with E-state index in [1.807, 2.05) is 6.92 Å². The first kappa shape index (κ1) is 10.2. The van der Waals surface area contributed by atoms with Crippen molar-refractivity contribution in [3.63, 3.8) is 0 Å². The minimum atomic E-state index is -0.532. The van der Waals surface area contributed by atoms with Gasteiger partial charge in [-0.2, -0.15) is 0 Å². The molecule has 0 aliphatic carbocycles.